The van der Waals surface area contributed by atoms with Crippen molar-refractivity contribution in [3.8, 4) is 0 Å². The summed E-state index contributed by atoms with van der Waals surface area (Å²) in [5.74, 6) is 1.07. The molecule has 0 saturated heterocycles. The van der Waals surface area contributed by atoms with Gasteiger partial charge in [0.15, 0.2) is 0 Å². The molecule has 0 fully saturated rings. The largest absolute Gasteiger partial charge is 0.353 e. The third-order valence-corrected chi connectivity index (χ3v) is 2.85. The van der Waals surface area contributed by atoms with Gasteiger partial charge in [0.25, 0.3) is 0 Å². The zero-order chi connectivity index (χ0) is 11.3. The number of hydrogen-bond acceptors (Lipinski definition) is 2. The lowest BCUT2D eigenvalue weighted by Gasteiger charge is -2.26. The Morgan fingerprint density at radius 1 is 1.53 bits per heavy atom. The Morgan fingerprint density at radius 2 is 2.27 bits per heavy atom. The average molecular weight is 204 g/mol. The van der Waals surface area contributed by atoms with Gasteiger partial charge in [0.2, 0.25) is 0 Å². The van der Waals surface area contributed by atoms with Crippen LogP contribution in [0.2, 0.25) is 0 Å². The predicted molar refractivity (Wildman–Crippen MR) is 67.0 cm³/mol. The summed E-state index contributed by atoms with van der Waals surface area (Å²) in [7, 11) is 0. The second-order valence-corrected chi connectivity index (χ2v) is 3.77. The van der Waals surface area contributed by atoms with E-state index < -0.39 is 0 Å². The van der Waals surface area contributed by atoms with Gasteiger partial charge < -0.3 is 4.90 Å². The molecule has 0 aromatic heterocycles. The number of allylic oxidation sites excluding steroid dienone is 2. The van der Waals surface area contributed by atoms with E-state index in [2.05, 4.69) is 36.9 Å². The summed E-state index contributed by atoms with van der Waals surface area (Å²) in [6.07, 6.45) is 7.56. The molecule has 1 atom stereocenters. The van der Waals surface area contributed by atoms with Crippen molar-refractivity contribution in [1.82, 2.24) is 4.90 Å². The Balaban J connectivity index is 2.92. The highest BCUT2D eigenvalue weighted by molar-refractivity contribution is 5.71. The highest BCUT2D eigenvalue weighted by Crippen LogP contribution is 2.27. The third-order valence-electron chi connectivity index (χ3n) is 2.85. The summed E-state index contributed by atoms with van der Waals surface area (Å²) < 4.78 is 0. The molecule has 2 nitrogen and oxygen atoms in total. The molecule has 1 unspecified atom stereocenters. The van der Waals surface area contributed by atoms with E-state index >= 15 is 0 Å². The minimum Gasteiger partial charge on any atom is -0.353 e. The van der Waals surface area contributed by atoms with Crippen molar-refractivity contribution < 1.29 is 0 Å². The first-order valence-corrected chi connectivity index (χ1v) is 5.51. The van der Waals surface area contributed by atoms with Crippen molar-refractivity contribution >= 4 is 6.21 Å². The molecule has 1 aliphatic heterocycles. The highest BCUT2D eigenvalue weighted by Gasteiger charge is 2.23. The molecule has 1 heterocycles. The standard InChI is InChI=1S/C13H20N2/c1-5-9-14-13-12(7-3)8-10-15(13)11(4)6-2/h5,7,9,11H,1,3,6,8,10H2,2,4H3/b14-9-. The molecule has 0 aromatic rings. The van der Waals surface area contributed by atoms with Crippen LogP contribution in [-0.4, -0.2) is 23.7 Å². The van der Waals surface area contributed by atoms with E-state index in [0.29, 0.717) is 6.04 Å². The molecule has 1 aliphatic rings. The van der Waals surface area contributed by atoms with Crippen molar-refractivity contribution in [3.63, 3.8) is 0 Å². The molecule has 15 heavy (non-hydrogen) atoms. The van der Waals surface area contributed by atoms with Crippen molar-refractivity contribution in [2.75, 3.05) is 6.54 Å². The van der Waals surface area contributed by atoms with Crippen LogP contribution in [0.1, 0.15) is 26.7 Å². The number of aliphatic imine (C=N–C) groups is 1. The maximum atomic E-state index is 4.44. The number of hydrogen-bond donors (Lipinski definition) is 0. The topological polar surface area (TPSA) is 15.6 Å². The fraction of sp³-hybridized carbons (Fsp3) is 0.462. The van der Waals surface area contributed by atoms with E-state index in [1.54, 1.807) is 12.3 Å². The molecule has 0 aromatic carbocycles. The summed E-state index contributed by atoms with van der Waals surface area (Å²) in [4.78, 5) is 6.78. The van der Waals surface area contributed by atoms with Crippen molar-refractivity contribution in [3.05, 3.63) is 36.7 Å². The van der Waals surface area contributed by atoms with E-state index in [0.717, 1.165) is 25.2 Å². The Bertz CT molecular complexity index is 300. The lowest BCUT2D eigenvalue weighted by atomic mass is 10.2. The lowest BCUT2D eigenvalue weighted by molar-refractivity contribution is 0.283. The molecule has 0 saturated carbocycles. The zero-order valence-electron chi connectivity index (χ0n) is 9.74. The van der Waals surface area contributed by atoms with Crippen molar-refractivity contribution in [2.45, 2.75) is 32.7 Å². The van der Waals surface area contributed by atoms with Crippen LogP contribution in [0.3, 0.4) is 0 Å². The maximum absolute atomic E-state index is 4.44. The molecule has 0 bridgehead atoms. The van der Waals surface area contributed by atoms with Gasteiger partial charge in [0.05, 0.1) is 0 Å². The van der Waals surface area contributed by atoms with E-state index in [-0.39, 0.29) is 0 Å². The van der Waals surface area contributed by atoms with Gasteiger partial charge >= 0.3 is 0 Å². The molecular formula is C13H20N2. The van der Waals surface area contributed by atoms with Crippen LogP contribution in [0.4, 0.5) is 0 Å². The Kier molecular flexibility index (Phi) is 4.35. The normalized spacial score (nSPS) is 18.7. The van der Waals surface area contributed by atoms with Crippen molar-refractivity contribution in [1.29, 1.82) is 0 Å². The molecular weight excluding hydrogens is 184 g/mol. The van der Waals surface area contributed by atoms with Gasteiger partial charge in [0, 0.05) is 18.8 Å². The summed E-state index contributed by atoms with van der Waals surface area (Å²) in [6, 6.07) is 0.541. The van der Waals surface area contributed by atoms with Crippen LogP contribution in [0.15, 0.2) is 41.7 Å². The Hall–Kier alpha value is -1.31. The van der Waals surface area contributed by atoms with Crippen molar-refractivity contribution in [2.24, 2.45) is 4.99 Å². The molecule has 0 aliphatic carbocycles. The first-order chi connectivity index (χ1) is 7.24. The zero-order valence-corrected chi connectivity index (χ0v) is 9.74. The minimum atomic E-state index is 0.541. The minimum absolute atomic E-state index is 0.541. The molecule has 0 spiro atoms. The van der Waals surface area contributed by atoms with Crippen LogP contribution in [0.25, 0.3) is 0 Å². The predicted octanol–water partition coefficient (Wildman–Crippen LogP) is 3.15. The van der Waals surface area contributed by atoms with Gasteiger partial charge in [-0.25, -0.2) is 4.99 Å². The molecule has 0 radical (unpaired) electrons. The van der Waals surface area contributed by atoms with E-state index in [4.69, 9.17) is 0 Å². The molecule has 0 amide bonds. The van der Waals surface area contributed by atoms with Crippen LogP contribution >= 0.6 is 0 Å². The molecule has 82 valence electrons. The summed E-state index contributed by atoms with van der Waals surface area (Å²) in [5.41, 5.74) is 1.24. The molecule has 1 rings (SSSR count). The number of nitrogens with zero attached hydrogens (tertiary/aromatic N) is 2. The SMILES string of the molecule is C=C/C=N\C1=C(C=C)CCN1C(C)CC. The fourth-order valence-corrected chi connectivity index (χ4v) is 1.77. The summed E-state index contributed by atoms with van der Waals surface area (Å²) in [6.45, 7) is 13.0. The average Bonchev–Trinajstić information content (AvgIpc) is 2.67. The first kappa shape index (κ1) is 11.8. The maximum Gasteiger partial charge on any atom is 0.131 e. The van der Waals surface area contributed by atoms with Gasteiger partial charge in [0.1, 0.15) is 5.82 Å². The first-order valence-electron chi connectivity index (χ1n) is 5.51. The van der Waals surface area contributed by atoms with Gasteiger partial charge in [-0.1, -0.05) is 32.2 Å². The number of rotatable bonds is 5. The molecule has 0 N–H and O–H groups in total. The van der Waals surface area contributed by atoms with Gasteiger partial charge in [-0.3, -0.25) is 0 Å². The monoisotopic (exact) mass is 204 g/mol. The highest BCUT2D eigenvalue weighted by atomic mass is 15.2. The Labute approximate surface area is 92.7 Å². The Morgan fingerprint density at radius 3 is 2.80 bits per heavy atom. The van der Waals surface area contributed by atoms with Gasteiger partial charge in [-0.05, 0) is 25.3 Å². The van der Waals surface area contributed by atoms with Crippen LogP contribution in [0.5, 0.6) is 0 Å². The van der Waals surface area contributed by atoms with Gasteiger partial charge in [-0.15, -0.1) is 0 Å². The van der Waals surface area contributed by atoms with Gasteiger partial charge in [-0.2, -0.15) is 0 Å². The smallest absolute Gasteiger partial charge is 0.131 e. The van der Waals surface area contributed by atoms with E-state index in [9.17, 15) is 0 Å². The summed E-state index contributed by atoms with van der Waals surface area (Å²) >= 11 is 0. The van der Waals surface area contributed by atoms with Crippen LogP contribution < -0.4 is 0 Å². The van der Waals surface area contributed by atoms with Crippen LogP contribution in [-0.2, 0) is 0 Å². The van der Waals surface area contributed by atoms with Crippen LogP contribution in [0, 0.1) is 0 Å². The lowest BCUT2D eigenvalue weighted by Crippen LogP contribution is -2.28. The summed E-state index contributed by atoms with van der Waals surface area (Å²) in [5, 5.41) is 0. The second kappa shape index (κ2) is 5.54. The quantitative estimate of drug-likeness (QED) is 0.628. The fourth-order valence-electron chi connectivity index (χ4n) is 1.77. The second-order valence-electron chi connectivity index (χ2n) is 3.77. The van der Waals surface area contributed by atoms with E-state index in [1.165, 1.54) is 5.57 Å². The molecule has 2 heteroatoms. The van der Waals surface area contributed by atoms with E-state index in [1.807, 2.05) is 6.08 Å². The third kappa shape index (κ3) is 2.58.